The molecule has 1 fully saturated rings. The molecule has 0 radical (unpaired) electrons. The van der Waals surface area contributed by atoms with E-state index in [-0.39, 0.29) is 23.3 Å². The number of benzene rings is 1. The first-order valence-electron chi connectivity index (χ1n) is 10.2. The molecule has 2 N–H and O–H groups in total. The van der Waals surface area contributed by atoms with E-state index in [0.717, 1.165) is 24.0 Å². The molecule has 1 saturated heterocycles. The van der Waals surface area contributed by atoms with E-state index in [1.807, 2.05) is 29.0 Å². The third-order valence-corrected chi connectivity index (χ3v) is 7.67. The third kappa shape index (κ3) is 5.49. The van der Waals surface area contributed by atoms with E-state index in [0.29, 0.717) is 24.9 Å². The summed E-state index contributed by atoms with van der Waals surface area (Å²) in [5, 5.41) is 13.4. The number of aromatic carboxylic acids is 1. The van der Waals surface area contributed by atoms with Crippen LogP contribution in [0, 0.1) is 0 Å². The number of carboxylic acid groups (broad SMARTS) is 1. The molecule has 4 atom stereocenters. The van der Waals surface area contributed by atoms with Crippen LogP contribution in [0.3, 0.4) is 0 Å². The normalized spacial score (nSPS) is 22.1. The van der Waals surface area contributed by atoms with Gasteiger partial charge in [0.05, 0.1) is 11.3 Å². The lowest BCUT2D eigenvalue weighted by molar-refractivity contribution is 0.0695. The van der Waals surface area contributed by atoms with Gasteiger partial charge in [0.1, 0.15) is 0 Å². The zero-order valence-corrected chi connectivity index (χ0v) is 18.9. The van der Waals surface area contributed by atoms with Crippen LogP contribution in [0.25, 0.3) is 0 Å². The Morgan fingerprint density at radius 2 is 1.87 bits per heavy atom. The van der Waals surface area contributed by atoms with Crippen molar-refractivity contribution in [3.05, 3.63) is 57.8 Å². The van der Waals surface area contributed by atoms with Crippen molar-refractivity contribution >= 4 is 27.4 Å². The Balaban J connectivity index is 1.97. The standard InChI is InChI=1S/C22H29NO5S2/c1-15-7-8-16(2)23(15)21(10-9-17-5-3-4-6-19(17)22(24)25)20(14-30(26,27)28)18-11-12-29-13-18/h3-6,11-13,15-16,20-21H,7-10,14H2,1-2H3,(H,24,25)(H,26,27,28). The van der Waals surface area contributed by atoms with Gasteiger partial charge in [0.15, 0.2) is 0 Å². The summed E-state index contributed by atoms with van der Waals surface area (Å²) in [7, 11) is -4.18. The monoisotopic (exact) mass is 451 g/mol. The second-order valence-electron chi connectivity index (χ2n) is 8.20. The fourth-order valence-electron chi connectivity index (χ4n) is 4.82. The van der Waals surface area contributed by atoms with E-state index in [4.69, 9.17) is 0 Å². The molecule has 2 aromatic rings. The highest BCUT2D eigenvalue weighted by molar-refractivity contribution is 7.85. The number of aryl methyl sites for hydroxylation is 1. The maximum absolute atomic E-state index is 11.9. The predicted octanol–water partition coefficient (Wildman–Crippen LogP) is 4.29. The molecule has 1 aromatic heterocycles. The van der Waals surface area contributed by atoms with Crippen molar-refractivity contribution in [3.8, 4) is 0 Å². The Morgan fingerprint density at radius 1 is 1.20 bits per heavy atom. The van der Waals surface area contributed by atoms with Crippen LogP contribution in [0.15, 0.2) is 41.1 Å². The first-order chi connectivity index (χ1) is 14.2. The average molecular weight is 452 g/mol. The van der Waals surface area contributed by atoms with Crippen molar-refractivity contribution in [3.63, 3.8) is 0 Å². The second kappa shape index (κ2) is 9.60. The number of carboxylic acids is 1. The van der Waals surface area contributed by atoms with Crippen LogP contribution >= 0.6 is 11.3 Å². The van der Waals surface area contributed by atoms with Crippen molar-refractivity contribution in [2.45, 2.75) is 63.6 Å². The summed E-state index contributed by atoms with van der Waals surface area (Å²) in [5.74, 6) is -1.69. The topological polar surface area (TPSA) is 94.9 Å². The van der Waals surface area contributed by atoms with E-state index >= 15 is 0 Å². The molecule has 0 aliphatic carbocycles. The summed E-state index contributed by atoms with van der Waals surface area (Å²) >= 11 is 1.50. The van der Waals surface area contributed by atoms with E-state index in [9.17, 15) is 22.9 Å². The van der Waals surface area contributed by atoms with Gasteiger partial charge in [-0.1, -0.05) is 18.2 Å². The smallest absolute Gasteiger partial charge is 0.335 e. The van der Waals surface area contributed by atoms with E-state index in [1.54, 1.807) is 12.1 Å². The Kier molecular flexibility index (Phi) is 7.34. The van der Waals surface area contributed by atoms with Gasteiger partial charge in [-0.3, -0.25) is 9.45 Å². The van der Waals surface area contributed by atoms with Crippen molar-refractivity contribution in [1.82, 2.24) is 4.90 Å². The third-order valence-electron chi connectivity index (χ3n) is 6.19. The van der Waals surface area contributed by atoms with Crippen LogP contribution in [0.5, 0.6) is 0 Å². The summed E-state index contributed by atoms with van der Waals surface area (Å²) in [4.78, 5) is 14.0. The maximum atomic E-state index is 11.9. The minimum absolute atomic E-state index is 0.129. The quantitative estimate of drug-likeness (QED) is 0.552. The van der Waals surface area contributed by atoms with Gasteiger partial charge in [-0.25, -0.2) is 4.79 Å². The van der Waals surface area contributed by atoms with E-state index < -0.39 is 16.1 Å². The van der Waals surface area contributed by atoms with Crippen LogP contribution in [0.4, 0.5) is 0 Å². The van der Waals surface area contributed by atoms with Crippen LogP contribution in [0.2, 0.25) is 0 Å². The van der Waals surface area contributed by atoms with Gasteiger partial charge in [-0.05, 0) is 73.6 Å². The molecule has 1 aliphatic rings. The van der Waals surface area contributed by atoms with Gasteiger partial charge in [-0.15, -0.1) is 0 Å². The number of hydrogen-bond acceptors (Lipinski definition) is 5. The van der Waals surface area contributed by atoms with Gasteiger partial charge in [0.25, 0.3) is 10.1 Å². The summed E-state index contributed by atoms with van der Waals surface area (Å²) in [5.41, 5.74) is 1.92. The number of rotatable bonds is 9. The van der Waals surface area contributed by atoms with Crippen molar-refractivity contribution < 1.29 is 22.9 Å². The highest BCUT2D eigenvalue weighted by Crippen LogP contribution is 2.36. The van der Waals surface area contributed by atoms with E-state index in [2.05, 4.69) is 18.7 Å². The first kappa shape index (κ1) is 22.9. The molecule has 164 valence electrons. The first-order valence-corrected chi connectivity index (χ1v) is 12.8. The van der Waals surface area contributed by atoms with Crippen LogP contribution in [-0.2, 0) is 16.5 Å². The average Bonchev–Trinajstić information content (AvgIpc) is 3.31. The fourth-order valence-corrected chi connectivity index (χ4v) is 6.41. The Labute approximate surface area is 182 Å². The van der Waals surface area contributed by atoms with Crippen LogP contribution in [0.1, 0.15) is 60.5 Å². The number of nitrogens with zero attached hydrogens (tertiary/aromatic N) is 1. The molecule has 0 saturated carbocycles. The number of carbonyl (C=O) groups is 1. The molecule has 2 heterocycles. The molecule has 1 aliphatic heterocycles. The summed E-state index contributed by atoms with van der Waals surface area (Å²) < 4.78 is 33.5. The Morgan fingerprint density at radius 3 is 2.43 bits per heavy atom. The highest BCUT2D eigenvalue weighted by atomic mass is 32.2. The predicted molar refractivity (Wildman–Crippen MR) is 119 cm³/mol. The minimum Gasteiger partial charge on any atom is -0.478 e. The zero-order valence-electron chi connectivity index (χ0n) is 17.3. The molecule has 8 heteroatoms. The van der Waals surface area contributed by atoms with Gasteiger partial charge < -0.3 is 5.11 Å². The minimum atomic E-state index is -4.18. The van der Waals surface area contributed by atoms with E-state index in [1.165, 1.54) is 11.3 Å². The van der Waals surface area contributed by atoms with Crippen LogP contribution in [-0.4, -0.2) is 52.8 Å². The van der Waals surface area contributed by atoms with Crippen molar-refractivity contribution in [1.29, 1.82) is 0 Å². The second-order valence-corrected chi connectivity index (χ2v) is 10.5. The lowest BCUT2D eigenvalue weighted by Crippen LogP contribution is -2.47. The number of thiophene rings is 1. The number of likely N-dealkylation sites (tertiary alicyclic amines) is 1. The van der Waals surface area contributed by atoms with Gasteiger partial charge in [-0.2, -0.15) is 19.8 Å². The Hall–Kier alpha value is -1.74. The lowest BCUT2D eigenvalue weighted by Gasteiger charge is -2.40. The Bertz CT molecular complexity index is 948. The lowest BCUT2D eigenvalue weighted by atomic mass is 9.87. The largest absolute Gasteiger partial charge is 0.478 e. The fraction of sp³-hybridized carbons (Fsp3) is 0.500. The zero-order chi connectivity index (χ0) is 21.9. The molecule has 0 spiro atoms. The molecule has 3 rings (SSSR count). The molecule has 1 aromatic carbocycles. The SMILES string of the molecule is CC1CCC(C)N1C(CCc1ccccc1C(=O)O)C(CS(=O)(=O)O)c1ccsc1. The van der Waals surface area contributed by atoms with Gasteiger partial charge in [0, 0.05) is 24.0 Å². The van der Waals surface area contributed by atoms with Crippen molar-refractivity contribution in [2.75, 3.05) is 5.75 Å². The maximum Gasteiger partial charge on any atom is 0.335 e. The summed E-state index contributed by atoms with van der Waals surface area (Å²) in [6, 6.07) is 9.33. The summed E-state index contributed by atoms with van der Waals surface area (Å²) in [6.45, 7) is 4.31. The molecule has 4 unspecified atom stereocenters. The van der Waals surface area contributed by atoms with Crippen LogP contribution < -0.4 is 0 Å². The molecule has 6 nitrogen and oxygen atoms in total. The van der Waals surface area contributed by atoms with Gasteiger partial charge >= 0.3 is 5.97 Å². The van der Waals surface area contributed by atoms with Crippen molar-refractivity contribution in [2.24, 2.45) is 0 Å². The molecular formula is C22H29NO5S2. The number of hydrogen-bond donors (Lipinski definition) is 2. The molecule has 0 amide bonds. The summed E-state index contributed by atoms with van der Waals surface area (Å²) in [6.07, 6.45) is 3.20. The molecular weight excluding hydrogens is 422 g/mol. The molecule has 0 bridgehead atoms. The molecule has 30 heavy (non-hydrogen) atoms. The van der Waals surface area contributed by atoms with Gasteiger partial charge in [0.2, 0.25) is 0 Å². The highest BCUT2D eigenvalue weighted by Gasteiger charge is 2.39.